The molecule has 0 aliphatic carbocycles. The van der Waals surface area contributed by atoms with Crippen molar-refractivity contribution in [2.45, 2.75) is 78.1 Å². The minimum atomic E-state index is -0.177. The van der Waals surface area contributed by atoms with Gasteiger partial charge >= 0.3 is 0 Å². The molecule has 0 saturated heterocycles. The number of aromatic nitrogens is 2. The monoisotopic (exact) mass is 418 g/mol. The summed E-state index contributed by atoms with van der Waals surface area (Å²) in [7, 11) is 0. The quantitative estimate of drug-likeness (QED) is 0.296. The molecule has 0 N–H and O–H groups in total. The molecule has 2 nitrogen and oxygen atoms in total. The van der Waals surface area contributed by atoms with Crippen molar-refractivity contribution in [3.8, 4) is 11.1 Å². The van der Waals surface area contributed by atoms with Crippen molar-refractivity contribution >= 4 is 0 Å². The Bertz CT molecular complexity index is 932. The third-order valence-electron chi connectivity index (χ3n) is 6.06. The first-order valence-electron chi connectivity index (χ1n) is 11.8. The van der Waals surface area contributed by atoms with Crippen LogP contribution in [0.4, 0.5) is 4.39 Å². The highest BCUT2D eigenvalue weighted by Crippen LogP contribution is 2.32. The molecule has 1 heterocycles. The first-order valence-corrected chi connectivity index (χ1v) is 11.8. The highest BCUT2D eigenvalue weighted by molar-refractivity contribution is 5.64. The van der Waals surface area contributed by atoms with Gasteiger partial charge in [-0.1, -0.05) is 88.9 Å². The lowest BCUT2D eigenvalue weighted by molar-refractivity contribution is 0.606. The van der Waals surface area contributed by atoms with E-state index in [0.29, 0.717) is 11.1 Å². The summed E-state index contributed by atoms with van der Waals surface area (Å²) < 4.78 is 15.5. The van der Waals surface area contributed by atoms with Crippen molar-refractivity contribution in [3.63, 3.8) is 0 Å². The standard InChI is InChI=1S/C28H35FN2/c1-4-6-8-11-22-15-17-23(18-16-22)21(3)25-12-10-13-26(28(25)29)24-19-30-27(31-20-24)14-9-7-5-2/h10,12-13,15-21H,4-9,11,14H2,1-3H3. The molecule has 0 amide bonds. The summed E-state index contributed by atoms with van der Waals surface area (Å²) in [5.74, 6) is 0.643. The van der Waals surface area contributed by atoms with E-state index in [1.165, 1.54) is 37.7 Å². The molecule has 1 unspecified atom stereocenters. The lowest BCUT2D eigenvalue weighted by Crippen LogP contribution is -2.02. The van der Waals surface area contributed by atoms with E-state index in [9.17, 15) is 0 Å². The predicted molar refractivity (Wildman–Crippen MR) is 128 cm³/mol. The number of rotatable bonds is 11. The fourth-order valence-electron chi connectivity index (χ4n) is 3.99. The molecular weight excluding hydrogens is 383 g/mol. The number of benzene rings is 2. The van der Waals surface area contributed by atoms with Crippen LogP contribution in [0.3, 0.4) is 0 Å². The average Bonchev–Trinajstić information content (AvgIpc) is 2.80. The number of aryl methyl sites for hydroxylation is 2. The lowest BCUT2D eigenvalue weighted by Gasteiger charge is -2.16. The molecule has 3 heteroatoms. The maximum absolute atomic E-state index is 15.5. The van der Waals surface area contributed by atoms with Gasteiger partial charge in [-0.15, -0.1) is 0 Å². The van der Waals surface area contributed by atoms with Gasteiger partial charge in [-0.25, -0.2) is 14.4 Å². The molecule has 3 aromatic rings. The van der Waals surface area contributed by atoms with Crippen molar-refractivity contribution in [1.82, 2.24) is 9.97 Å². The molecule has 3 rings (SSSR count). The minimum absolute atomic E-state index is 0.0149. The summed E-state index contributed by atoms with van der Waals surface area (Å²) in [5, 5.41) is 0. The number of nitrogens with zero attached hydrogens (tertiary/aromatic N) is 2. The molecular formula is C28H35FN2. The molecule has 2 aromatic carbocycles. The average molecular weight is 419 g/mol. The van der Waals surface area contributed by atoms with Gasteiger partial charge in [-0.05, 0) is 36.0 Å². The molecule has 0 radical (unpaired) electrons. The number of halogens is 1. The van der Waals surface area contributed by atoms with Gasteiger partial charge in [0.1, 0.15) is 11.6 Å². The van der Waals surface area contributed by atoms with Crippen molar-refractivity contribution < 1.29 is 4.39 Å². The van der Waals surface area contributed by atoms with Gasteiger partial charge in [-0.3, -0.25) is 0 Å². The third kappa shape index (κ3) is 6.22. The zero-order chi connectivity index (χ0) is 22.1. The van der Waals surface area contributed by atoms with E-state index >= 15 is 4.39 Å². The van der Waals surface area contributed by atoms with Gasteiger partial charge in [0.15, 0.2) is 0 Å². The third-order valence-corrected chi connectivity index (χ3v) is 6.06. The second kappa shape index (κ2) is 11.7. The SMILES string of the molecule is CCCCCc1ccc(C(C)c2cccc(-c3cnc(CCCCC)nc3)c2F)cc1. The zero-order valence-corrected chi connectivity index (χ0v) is 19.2. The Morgan fingerprint density at radius 2 is 1.45 bits per heavy atom. The molecule has 0 aliphatic rings. The van der Waals surface area contributed by atoms with Crippen LogP contribution in [0.15, 0.2) is 54.9 Å². The van der Waals surface area contributed by atoms with E-state index in [2.05, 4.69) is 55.0 Å². The first-order chi connectivity index (χ1) is 15.1. The maximum Gasteiger partial charge on any atom is 0.134 e. The molecule has 0 fully saturated rings. The van der Waals surface area contributed by atoms with Crippen LogP contribution < -0.4 is 0 Å². The highest BCUT2D eigenvalue weighted by atomic mass is 19.1. The van der Waals surface area contributed by atoms with Gasteiger partial charge in [0, 0.05) is 35.9 Å². The van der Waals surface area contributed by atoms with Gasteiger partial charge in [-0.2, -0.15) is 0 Å². The lowest BCUT2D eigenvalue weighted by atomic mass is 9.89. The Balaban J connectivity index is 1.75. The number of hydrogen-bond acceptors (Lipinski definition) is 2. The normalized spacial score (nSPS) is 12.1. The Hall–Kier alpha value is -2.55. The predicted octanol–water partition coefficient (Wildman–Crippen LogP) is 7.90. The largest absolute Gasteiger partial charge is 0.241 e. The zero-order valence-electron chi connectivity index (χ0n) is 19.2. The van der Waals surface area contributed by atoms with Crippen LogP contribution >= 0.6 is 0 Å². The summed E-state index contributed by atoms with van der Waals surface area (Å²) in [6.45, 7) is 6.48. The molecule has 1 aromatic heterocycles. The van der Waals surface area contributed by atoms with E-state index in [0.717, 1.165) is 36.2 Å². The fourth-order valence-corrected chi connectivity index (χ4v) is 3.99. The van der Waals surface area contributed by atoms with E-state index in [4.69, 9.17) is 0 Å². The molecule has 31 heavy (non-hydrogen) atoms. The molecule has 0 spiro atoms. The number of hydrogen-bond donors (Lipinski definition) is 0. The Labute approximate surface area is 187 Å². The van der Waals surface area contributed by atoms with Gasteiger partial charge < -0.3 is 0 Å². The van der Waals surface area contributed by atoms with Gasteiger partial charge in [0.2, 0.25) is 0 Å². The van der Waals surface area contributed by atoms with Crippen LogP contribution in [0, 0.1) is 5.82 Å². The Kier molecular flexibility index (Phi) is 8.75. The van der Waals surface area contributed by atoms with Crippen molar-refractivity contribution in [3.05, 3.63) is 83.2 Å². The Morgan fingerprint density at radius 3 is 2.10 bits per heavy atom. The summed E-state index contributed by atoms with van der Waals surface area (Å²) in [4.78, 5) is 8.93. The van der Waals surface area contributed by atoms with Crippen LogP contribution in [0.25, 0.3) is 11.1 Å². The van der Waals surface area contributed by atoms with E-state index < -0.39 is 0 Å². The minimum Gasteiger partial charge on any atom is -0.241 e. The van der Waals surface area contributed by atoms with Crippen LogP contribution in [0.1, 0.15) is 87.7 Å². The maximum atomic E-state index is 15.5. The summed E-state index contributed by atoms with van der Waals surface area (Å²) in [5.41, 5.74) is 4.51. The van der Waals surface area contributed by atoms with Crippen LogP contribution in [-0.4, -0.2) is 9.97 Å². The molecule has 0 bridgehead atoms. The molecule has 164 valence electrons. The van der Waals surface area contributed by atoms with Gasteiger partial charge in [0.05, 0.1) is 0 Å². The topological polar surface area (TPSA) is 25.8 Å². The first kappa shape index (κ1) is 23.1. The summed E-state index contributed by atoms with van der Waals surface area (Å²) >= 11 is 0. The summed E-state index contributed by atoms with van der Waals surface area (Å²) in [6.07, 6.45) is 12.7. The molecule has 1 atom stereocenters. The van der Waals surface area contributed by atoms with Crippen LogP contribution in [-0.2, 0) is 12.8 Å². The van der Waals surface area contributed by atoms with Crippen molar-refractivity contribution in [1.29, 1.82) is 0 Å². The van der Waals surface area contributed by atoms with E-state index in [1.54, 1.807) is 12.4 Å². The highest BCUT2D eigenvalue weighted by Gasteiger charge is 2.17. The van der Waals surface area contributed by atoms with E-state index in [1.807, 2.05) is 18.2 Å². The fraction of sp³-hybridized carbons (Fsp3) is 0.429. The molecule has 0 saturated carbocycles. The van der Waals surface area contributed by atoms with Crippen molar-refractivity contribution in [2.24, 2.45) is 0 Å². The second-order valence-corrected chi connectivity index (χ2v) is 8.47. The van der Waals surface area contributed by atoms with Gasteiger partial charge in [0.25, 0.3) is 0 Å². The molecule has 0 aliphatic heterocycles. The smallest absolute Gasteiger partial charge is 0.134 e. The van der Waals surface area contributed by atoms with E-state index in [-0.39, 0.29) is 11.7 Å². The Morgan fingerprint density at radius 1 is 0.806 bits per heavy atom. The van der Waals surface area contributed by atoms with Crippen molar-refractivity contribution in [2.75, 3.05) is 0 Å². The van der Waals surface area contributed by atoms with Crippen LogP contribution in [0.2, 0.25) is 0 Å². The second-order valence-electron chi connectivity index (χ2n) is 8.47. The van der Waals surface area contributed by atoms with Crippen LogP contribution in [0.5, 0.6) is 0 Å². The number of unbranched alkanes of at least 4 members (excludes halogenated alkanes) is 4. The summed E-state index contributed by atoms with van der Waals surface area (Å²) in [6, 6.07) is 14.3.